The molecule has 0 saturated carbocycles. The average molecular weight is 512 g/mol. The molecule has 0 spiro atoms. The van der Waals surface area contributed by atoms with Gasteiger partial charge in [0.25, 0.3) is 5.91 Å². The minimum atomic E-state index is -1.01. The van der Waals surface area contributed by atoms with Crippen molar-refractivity contribution >= 4 is 36.2 Å². The van der Waals surface area contributed by atoms with Crippen molar-refractivity contribution in [2.45, 2.75) is 59.2 Å². The molecule has 0 aliphatic heterocycles. The van der Waals surface area contributed by atoms with E-state index >= 15 is 0 Å². The number of thiol groups is 1. The van der Waals surface area contributed by atoms with E-state index in [1.165, 1.54) is 4.90 Å². The summed E-state index contributed by atoms with van der Waals surface area (Å²) in [6.45, 7) is 14.8. The van der Waals surface area contributed by atoms with Crippen LogP contribution >= 0.6 is 12.6 Å². The molecular formula is C28H37N3O4S. The summed E-state index contributed by atoms with van der Waals surface area (Å²) in [5, 5.41) is 5.58. The number of hydrogen-bond donors (Lipinski definition) is 3. The van der Waals surface area contributed by atoms with Crippen LogP contribution in [0.2, 0.25) is 0 Å². The number of aryl methyl sites for hydroxylation is 3. The molecule has 0 aliphatic carbocycles. The van der Waals surface area contributed by atoms with Crippen LogP contribution in [0.1, 0.15) is 49.1 Å². The Bertz CT molecular complexity index is 1110. The molecule has 0 saturated heterocycles. The fraction of sp³-hybridized carbons (Fsp3) is 0.393. The first kappa shape index (κ1) is 29.0. The number of benzene rings is 2. The highest BCUT2D eigenvalue weighted by atomic mass is 32.1. The molecule has 2 N–H and O–H groups in total. The highest BCUT2D eigenvalue weighted by molar-refractivity contribution is 7.80. The number of amides is 3. The molecular weight excluding hydrogens is 474 g/mol. The SMILES string of the molecule is C=CCN(C(=O)C(CS)NC(=O)OC(C)(C)C)C(C(=O)Nc1ccccc1C)c1cc(C)ccc1C. The van der Waals surface area contributed by atoms with E-state index in [2.05, 4.69) is 29.8 Å². The first-order valence-electron chi connectivity index (χ1n) is 11.8. The monoisotopic (exact) mass is 511 g/mol. The van der Waals surface area contributed by atoms with Gasteiger partial charge >= 0.3 is 6.09 Å². The van der Waals surface area contributed by atoms with Crippen molar-refractivity contribution in [1.29, 1.82) is 0 Å². The number of carbonyl (C=O) groups is 3. The van der Waals surface area contributed by atoms with Gasteiger partial charge in [-0.05, 0) is 64.3 Å². The average Bonchev–Trinajstić information content (AvgIpc) is 2.79. The van der Waals surface area contributed by atoms with Gasteiger partial charge < -0.3 is 20.3 Å². The van der Waals surface area contributed by atoms with Gasteiger partial charge in [0.15, 0.2) is 0 Å². The van der Waals surface area contributed by atoms with Crippen LogP contribution in [0.25, 0.3) is 0 Å². The summed E-state index contributed by atoms with van der Waals surface area (Å²) in [4.78, 5) is 41.4. The van der Waals surface area contributed by atoms with Crippen molar-refractivity contribution in [1.82, 2.24) is 10.2 Å². The number of rotatable bonds is 9. The van der Waals surface area contributed by atoms with E-state index in [0.29, 0.717) is 11.3 Å². The topological polar surface area (TPSA) is 87.7 Å². The van der Waals surface area contributed by atoms with Crippen LogP contribution in [-0.4, -0.2) is 46.7 Å². The molecule has 0 heterocycles. The molecule has 0 fully saturated rings. The summed E-state index contributed by atoms with van der Waals surface area (Å²) < 4.78 is 5.33. The zero-order chi connectivity index (χ0) is 27.0. The number of carbonyl (C=O) groups excluding carboxylic acids is 3. The van der Waals surface area contributed by atoms with Crippen molar-refractivity contribution in [2.75, 3.05) is 17.6 Å². The third-order valence-electron chi connectivity index (χ3n) is 5.47. The van der Waals surface area contributed by atoms with Crippen molar-refractivity contribution in [2.24, 2.45) is 0 Å². The normalized spacial score (nSPS) is 12.8. The zero-order valence-corrected chi connectivity index (χ0v) is 22.8. The van der Waals surface area contributed by atoms with Gasteiger partial charge in [-0.1, -0.05) is 48.0 Å². The number of para-hydroxylation sites is 1. The van der Waals surface area contributed by atoms with E-state index in [-0.39, 0.29) is 18.2 Å². The van der Waals surface area contributed by atoms with Gasteiger partial charge in [0.2, 0.25) is 5.91 Å². The van der Waals surface area contributed by atoms with E-state index in [0.717, 1.165) is 16.7 Å². The third kappa shape index (κ3) is 7.88. The van der Waals surface area contributed by atoms with E-state index < -0.39 is 29.7 Å². The van der Waals surface area contributed by atoms with Crippen molar-refractivity contribution in [3.63, 3.8) is 0 Å². The van der Waals surface area contributed by atoms with Gasteiger partial charge in [0.05, 0.1) is 0 Å². The van der Waals surface area contributed by atoms with E-state index in [9.17, 15) is 14.4 Å². The first-order chi connectivity index (χ1) is 16.9. The van der Waals surface area contributed by atoms with Gasteiger partial charge in [-0.3, -0.25) is 9.59 Å². The van der Waals surface area contributed by atoms with E-state index in [1.54, 1.807) is 26.8 Å². The van der Waals surface area contributed by atoms with Gasteiger partial charge in [-0.15, -0.1) is 6.58 Å². The summed E-state index contributed by atoms with van der Waals surface area (Å²) in [7, 11) is 0. The first-order valence-corrected chi connectivity index (χ1v) is 12.5. The lowest BCUT2D eigenvalue weighted by atomic mass is 9.96. The third-order valence-corrected chi connectivity index (χ3v) is 5.84. The molecule has 0 bridgehead atoms. The van der Waals surface area contributed by atoms with Gasteiger partial charge in [0, 0.05) is 18.0 Å². The standard InChI is InChI=1S/C28H37N3O4S/c1-8-15-31(26(33)23(17-36)30-27(34)35-28(5,6)7)24(21-16-18(2)13-14-19(21)3)25(32)29-22-12-10-9-11-20(22)4/h8-14,16,23-24,36H,1,15,17H2,2-7H3,(H,29,32)(H,30,34). The van der Waals surface area contributed by atoms with Crippen LogP contribution in [0.5, 0.6) is 0 Å². The predicted molar refractivity (Wildman–Crippen MR) is 147 cm³/mol. The number of nitrogens with zero attached hydrogens (tertiary/aromatic N) is 1. The Labute approximate surface area is 219 Å². The maximum atomic E-state index is 13.8. The second-order valence-corrected chi connectivity index (χ2v) is 10.1. The summed E-state index contributed by atoms with van der Waals surface area (Å²) in [5.41, 5.74) is 3.31. The van der Waals surface area contributed by atoms with Crippen molar-refractivity contribution in [3.8, 4) is 0 Å². The van der Waals surface area contributed by atoms with Gasteiger partial charge in [-0.25, -0.2) is 4.79 Å². The molecule has 2 aromatic carbocycles. The molecule has 2 aromatic rings. The molecule has 3 amide bonds. The summed E-state index contributed by atoms with van der Waals surface area (Å²) in [5.74, 6) is -0.824. The predicted octanol–water partition coefficient (Wildman–Crippen LogP) is 5.13. The second-order valence-electron chi connectivity index (χ2n) is 9.73. The molecule has 8 heteroatoms. The molecule has 0 aliphatic rings. The number of ether oxygens (including phenoxy) is 1. The smallest absolute Gasteiger partial charge is 0.408 e. The molecule has 2 atom stereocenters. The zero-order valence-electron chi connectivity index (χ0n) is 21.9. The highest BCUT2D eigenvalue weighted by Gasteiger charge is 2.36. The number of anilines is 1. The Morgan fingerprint density at radius 1 is 1.08 bits per heavy atom. The Morgan fingerprint density at radius 3 is 2.33 bits per heavy atom. The summed E-state index contributed by atoms with van der Waals surface area (Å²) in [6.07, 6.45) is 0.821. The van der Waals surface area contributed by atoms with Crippen LogP contribution < -0.4 is 10.6 Å². The summed E-state index contributed by atoms with van der Waals surface area (Å²) in [6, 6.07) is 11.2. The second kappa shape index (κ2) is 12.6. The molecule has 2 rings (SSSR count). The maximum absolute atomic E-state index is 13.8. The Hall–Kier alpha value is -3.26. The number of hydrogen-bond acceptors (Lipinski definition) is 5. The highest BCUT2D eigenvalue weighted by Crippen LogP contribution is 2.28. The van der Waals surface area contributed by atoms with Gasteiger partial charge in [-0.2, -0.15) is 12.6 Å². The molecule has 36 heavy (non-hydrogen) atoms. The van der Waals surface area contributed by atoms with Crippen molar-refractivity contribution in [3.05, 3.63) is 77.4 Å². The van der Waals surface area contributed by atoms with E-state index in [4.69, 9.17) is 4.74 Å². The fourth-order valence-electron chi connectivity index (χ4n) is 3.72. The van der Waals surface area contributed by atoms with Crippen LogP contribution in [-0.2, 0) is 14.3 Å². The molecule has 7 nitrogen and oxygen atoms in total. The minimum Gasteiger partial charge on any atom is -0.444 e. The lowest BCUT2D eigenvalue weighted by Crippen LogP contribution is -2.53. The van der Waals surface area contributed by atoms with Gasteiger partial charge in [0.1, 0.15) is 17.7 Å². The Balaban J connectivity index is 2.52. The molecule has 0 aromatic heterocycles. The Kier molecular flexibility index (Phi) is 10.2. The lowest BCUT2D eigenvalue weighted by molar-refractivity contribution is -0.139. The van der Waals surface area contributed by atoms with Crippen LogP contribution in [0.4, 0.5) is 10.5 Å². The number of nitrogens with one attached hydrogen (secondary N) is 2. The quantitative estimate of drug-likeness (QED) is 0.322. The minimum absolute atomic E-state index is 0.0185. The fourth-order valence-corrected chi connectivity index (χ4v) is 3.96. The number of alkyl carbamates (subject to hydrolysis) is 1. The lowest BCUT2D eigenvalue weighted by Gasteiger charge is -2.34. The van der Waals surface area contributed by atoms with Crippen LogP contribution in [0, 0.1) is 20.8 Å². The van der Waals surface area contributed by atoms with Crippen molar-refractivity contribution < 1.29 is 19.1 Å². The molecule has 194 valence electrons. The van der Waals surface area contributed by atoms with E-state index in [1.807, 2.05) is 63.2 Å². The molecule has 0 radical (unpaired) electrons. The van der Waals surface area contributed by atoms with Crippen LogP contribution in [0.15, 0.2) is 55.1 Å². The Morgan fingerprint density at radius 2 is 1.75 bits per heavy atom. The largest absolute Gasteiger partial charge is 0.444 e. The summed E-state index contributed by atoms with van der Waals surface area (Å²) >= 11 is 4.30. The molecule has 2 unspecified atom stereocenters. The maximum Gasteiger partial charge on any atom is 0.408 e. The van der Waals surface area contributed by atoms with Crippen LogP contribution in [0.3, 0.4) is 0 Å².